The second-order valence-corrected chi connectivity index (χ2v) is 9.55. The van der Waals surface area contributed by atoms with Gasteiger partial charge >= 0.3 is 0 Å². The van der Waals surface area contributed by atoms with Crippen LogP contribution in [0.4, 0.5) is 15.9 Å². The number of aromatic nitrogens is 1. The lowest BCUT2D eigenvalue weighted by molar-refractivity contribution is 0.0946. The molecule has 1 saturated heterocycles. The number of halogens is 1. The van der Waals surface area contributed by atoms with E-state index in [4.69, 9.17) is 10.5 Å². The molecule has 8 heteroatoms. The lowest BCUT2D eigenvalue weighted by Gasteiger charge is -2.25. The number of ether oxygens (including phenoxy) is 1. The summed E-state index contributed by atoms with van der Waals surface area (Å²) in [4.78, 5) is 20.8. The van der Waals surface area contributed by atoms with Crippen LogP contribution in [0.5, 0.6) is 0 Å². The third-order valence-corrected chi connectivity index (χ3v) is 7.32. The van der Waals surface area contributed by atoms with Gasteiger partial charge in [0.1, 0.15) is 5.82 Å². The number of rotatable bonds is 7. The molecule has 0 saturated carbocycles. The summed E-state index contributed by atoms with van der Waals surface area (Å²) in [5.41, 5.74) is 11.5. The number of amides is 1. The molecular formula is C28H32FN5O2. The highest BCUT2D eigenvalue weighted by molar-refractivity contribution is 5.97. The average Bonchev–Trinajstić information content (AvgIpc) is 3.38. The Bertz CT molecular complexity index is 1260. The van der Waals surface area contributed by atoms with Crippen molar-refractivity contribution in [3.05, 3.63) is 65.6 Å². The third-order valence-electron chi connectivity index (χ3n) is 7.32. The van der Waals surface area contributed by atoms with Gasteiger partial charge in [-0.05, 0) is 60.8 Å². The predicted octanol–water partition coefficient (Wildman–Crippen LogP) is 3.58. The van der Waals surface area contributed by atoms with Crippen molar-refractivity contribution < 1.29 is 13.9 Å². The molecule has 7 nitrogen and oxygen atoms in total. The summed E-state index contributed by atoms with van der Waals surface area (Å²) < 4.78 is 20.1. The first kappa shape index (κ1) is 24.2. The minimum absolute atomic E-state index is 0.0697. The van der Waals surface area contributed by atoms with Crippen molar-refractivity contribution in [3.63, 3.8) is 0 Å². The summed E-state index contributed by atoms with van der Waals surface area (Å²) >= 11 is 0. The minimum atomic E-state index is -0.595. The normalized spacial score (nSPS) is 17.4. The minimum Gasteiger partial charge on any atom is -0.383 e. The Morgan fingerprint density at radius 1 is 1.14 bits per heavy atom. The van der Waals surface area contributed by atoms with Crippen LogP contribution >= 0.6 is 0 Å². The van der Waals surface area contributed by atoms with E-state index in [0.29, 0.717) is 29.3 Å². The van der Waals surface area contributed by atoms with E-state index in [-0.39, 0.29) is 11.7 Å². The molecule has 5 rings (SSSR count). The van der Waals surface area contributed by atoms with Crippen molar-refractivity contribution in [1.29, 1.82) is 0 Å². The smallest absolute Gasteiger partial charge is 0.251 e. The maximum absolute atomic E-state index is 14.9. The van der Waals surface area contributed by atoms with Crippen LogP contribution in [0.2, 0.25) is 0 Å². The molecule has 1 aromatic heterocycles. The second kappa shape index (κ2) is 10.2. The van der Waals surface area contributed by atoms with E-state index >= 15 is 0 Å². The van der Waals surface area contributed by atoms with Gasteiger partial charge in [0.05, 0.1) is 6.61 Å². The molecule has 2 aromatic carbocycles. The zero-order chi connectivity index (χ0) is 25.2. The fourth-order valence-electron chi connectivity index (χ4n) is 5.14. The second-order valence-electron chi connectivity index (χ2n) is 9.55. The van der Waals surface area contributed by atoms with Crippen LogP contribution in [-0.2, 0) is 11.2 Å². The number of anilines is 2. The molecule has 1 atom stereocenters. The summed E-state index contributed by atoms with van der Waals surface area (Å²) in [5.74, 6) is -0.532. The van der Waals surface area contributed by atoms with Gasteiger partial charge in [-0.15, -0.1) is 0 Å². The molecule has 0 unspecified atom stereocenters. The van der Waals surface area contributed by atoms with E-state index in [2.05, 4.69) is 27.1 Å². The predicted molar refractivity (Wildman–Crippen MR) is 141 cm³/mol. The number of fused-ring (bicyclic) bond motifs is 1. The maximum Gasteiger partial charge on any atom is 0.251 e. The number of nitrogen functional groups attached to an aromatic ring is 1. The Morgan fingerprint density at radius 3 is 2.69 bits per heavy atom. The van der Waals surface area contributed by atoms with E-state index in [1.165, 1.54) is 0 Å². The van der Waals surface area contributed by atoms with Crippen molar-refractivity contribution in [2.45, 2.75) is 18.9 Å². The monoisotopic (exact) mass is 489 g/mol. The van der Waals surface area contributed by atoms with Gasteiger partial charge in [-0.2, -0.15) is 4.39 Å². The Hall–Kier alpha value is -3.49. The fourth-order valence-corrected chi connectivity index (χ4v) is 5.14. The molecule has 2 aliphatic heterocycles. The zero-order valence-corrected chi connectivity index (χ0v) is 20.8. The van der Waals surface area contributed by atoms with Crippen LogP contribution in [0, 0.1) is 5.95 Å². The van der Waals surface area contributed by atoms with Crippen LogP contribution in [0.25, 0.3) is 22.3 Å². The van der Waals surface area contributed by atoms with E-state index in [1.807, 2.05) is 36.4 Å². The van der Waals surface area contributed by atoms with Gasteiger partial charge in [-0.3, -0.25) is 9.69 Å². The molecule has 1 amide bonds. The number of pyridine rings is 1. The summed E-state index contributed by atoms with van der Waals surface area (Å²) in [6.07, 6.45) is 1.85. The van der Waals surface area contributed by atoms with Gasteiger partial charge < -0.3 is 20.7 Å². The summed E-state index contributed by atoms with van der Waals surface area (Å²) in [6.45, 7) is 4.19. The topological polar surface area (TPSA) is 83.7 Å². The molecule has 188 valence electrons. The molecule has 0 radical (unpaired) electrons. The molecule has 36 heavy (non-hydrogen) atoms. The molecule has 3 aromatic rings. The number of nitrogens with two attached hydrogens (primary N) is 1. The average molecular weight is 490 g/mol. The van der Waals surface area contributed by atoms with E-state index in [1.54, 1.807) is 19.2 Å². The van der Waals surface area contributed by atoms with Crippen LogP contribution in [0.1, 0.15) is 22.3 Å². The van der Waals surface area contributed by atoms with Crippen LogP contribution in [0.15, 0.2) is 48.5 Å². The number of nitrogens with zero attached hydrogens (tertiary/aromatic N) is 3. The molecule has 0 aliphatic carbocycles. The first-order valence-corrected chi connectivity index (χ1v) is 12.4. The largest absolute Gasteiger partial charge is 0.383 e. The quantitative estimate of drug-likeness (QED) is 0.494. The maximum atomic E-state index is 14.9. The Labute approximate surface area is 211 Å². The Balaban J connectivity index is 1.37. The third kappa shape index (κ3) is 4.79. The van der Waals surface area contributed by atoms with Crippen LogP contribution in [-0.4, -0.2) is 68.8 Å². The first-order chi connectivity index (χ1) is 17.4. The van der Waals surface area contributed by atoms with Crippen molar-refractivity contribution >= 4 is 17.4 Å². The van der Waals surface area contributed by atoms with E-state index in [9.17, 15) is 9.18 Å². The number of carbonyl (C=O) groups excluding carboxylic acids is 1. The highest BCUT2D eigenvalue weighted by atomic mass is 19.1. The van der Waals surface area contributed by atoms with Gasteiger partial charge in [0, 0.05) is 61.7 Å². The molecule has 1 fully saturated rings. The number of benzene rings is 2. The lowest BCUT2D eigenvalue weighted by Crippen LogP contribution is -2.36. The number of likely N-dealkylation sites (N-methyl/N-ethyl adjacent to an activating group) is 1. The lowest BCUT2D eigenvalue weighted by atomic mass is 9.94. The van der Waals surface area contributed by atoms with Gasteiger partial charge in [0.25, 0.3) is 5.91 Å². The summed E-state index contributed by atoms with van der Waals surface area (Å²) in [6, 6.07) is 15.8. The summed E-state index contributed by atoms with van der Waals surface area (Å²) in [5, 5.41) is 2.85. The van der Waals surface area contributed by atoms with E-state index < -0.39 is 5.95 Å². The number of carbonyl (C=O) groups is 1. The molecular weight excluding hydrogens is 457 g/mol. The SMILES string of the molecule is COCCN(C)[C@@H]1CCN(c2ccc(-c3cc(-c4ccc5c(c4)CCNC5=O)c(N)nc3F)cc2)C1. The molecule has 0 bridgehead atoms. The number of methoxy groups -OCH3 is 1. The first-order valence-electron chi connectivity index (χ1n) is 12.4. The molecule has 2 aliphatic rings. The number of nitrogens with one attached hydrogen (secondary N) is 1. The fraction of sp³-hybridized carbons (Fsp3) is 0.357. The van der Waals surface area contributed by atoms with Crippen molar-refractivity contribution in [2.24, 2.45) is 0 Å². The highest BCUT2D eigenvalue weighted by Gasteiger charge is 2.26. The van der Waals surface area contributed by atoms with Crippen molar-refractivity contribution in [2.75, 3.05) is 57.6 Å². The Kier molecular flexibility index (Phi) is 6.89. The zero-order valence-electron chi connectivity index (χ0n) is 20.8. The van der Waals surface area contributed by atoms with Crippen molar-refractivity contribution in [3.8, 4) is 22.3 Å². The van der Waals surface area contributed by atoms with Crippen LogP contribution < -0.4 is 16.0 Å². The number of hydrogen-bond acceptors (Lipinski definition) is 6. The van der Waals surface area contributed by atoms with Gasteiger partial charge in [0.15, 0.2) is 0 Å². The standard InChI is InChI=1S/C28H32FN5O2/c1-33(13-14-36-2)22-10-12-34(17-22)21-6-3-18(4-7-21)24-16-25(27(30)32-26(24)29)19-5-8-23-20(15-19)9-11-31-28(23)35/h3-8,15-16,22H,9-14,17H2,1-2H3,(H2,30,32)(H,31,35)/t22-/m1/s1. The Morgan fingerprint density at radius 2 is 1.92 bits per heavy atom. The highest BCUT2D eigenvalue weighted by Crippen LogP contribution is 2.34. The van der Waals surface area contributed by atoms with Gasteiger partial charge in [0.2, 0.25) is 5.95 Å². The van der Waals surface area contributed by atoms with E-state index in [0.717, 1.165) is 61.5 Å². The van der Waals surface area contributed by atoms with Crippen molar-refractivity contribution in [1.82, 2.24) is 15.2 Å². The molecule has 0 spiro atoms. The molecule has 3 N–H and O–H groups in total. The summed E-state index contributed by atoms with van der Waals surface area (Å²) in [7, 11) is 3.87. The number of hydrogen-bond donors (Lipinski definition) is 2. The van der Waals surface area contributed by atoms with Gasteiger partial charge in [-0.25, -0.2) is 4.98 Å². The van der Waals surface area contributed by atoms with Crippen LogP contribution in [0.3, 0.4) is 0 Å². The van der Waals surface area contributed by atoms with Gasteiger partial charge in [-0.1, -0.05) is 24.3 Å². The molecule has 3 heterocycles.